The predicted octanol–water partition coefficient (Wildman–Crippen LogP) is 0.725. The third kappa shape index (κ3) is 4.73. The number of carbonyl (C=O) groups excluding carboxylic acids is 1. The summed E-state index contributed by atoms with van der Waals surface area (Å²) in [5, 5.41) is 9.78. The maximum absolute atomic E-state index is 12.3. The summed E-state index contributed by atoms with van der Waals surface area (Å²) < 4.78 is 5.63. The van der Waals surface area contributed by atoms with Crippen LogP contribution in [0.5, 0.6) is 5.75 Å². The highest BCUT2D eigenvalue weighted by Crippen LogP contribution is 2.20. The first-order valence-electron chi connectivity index (χ1n) is 6.61. The predicted molar refractivity (Wildman–Crippen MR) is 83.1 cm³/mol. The molecule has 0 atom stereocenters. The maximum Gasteiger partial charge on any atom is 0.193 e. The second-order valence-electron chi connectivity index (χ2n) is 5.38. The smallest absolute Gasteiger partial charge is 0.193 e. The van der Waals surface area contributed by atoms with Gasteiger partial charge in [-0.25, -0.2) is 0 Å². The van der Waals surface area contributed by atoms with Crippen molar-refractivity contribution in [1.29, 1.82) is 0 Å². The van der Waals surface area contributed by atoms with Crippen molar-refractivity contribution in [3.05, 3.63) is 64.7 Å². The molecule has 0 fully saturated rings. The van der Waals surface area contributed by atoms with Crippen LogP contribution in [0, 0.1) is 0 Å². The van der Waals surface area contributed by atoms with Crippen LogP contribution < -0.4 is 17.1 Å². The highest BCUT2D eigenvalue weighted by Gasteiger charge is 2.18. The van der Waals surface area contributed by atoms with Gasteiger partial charge in [-0.15, -0.1) is 0 Å². The van der Waals surface area contributed by atoms with Crippen molar-refractivity contribution in [3.63, 3.8) is 0 Å². The summed E-state index contributed by atoms with van der Waals surface area (Å²) in [6, 6.07) is 13.6. The number of hydrogen-bond donors (Lipinski definition) is 1. The van der Waals surface area contributed by atoms with Gasteiger partial charge < -0.3 is 22.3 Å². The molecule has 5 heteroatoms. The Kier molecular flexibility index (Phi) is 6.42. The second-order valence-corrected chi connectivity index (χ2v) is 5.82. The normalized spacial score (nSPS) is 10.7. The molecular weight excluding hydrogens is 323 g/mol. The third-order valence-corrected chi connectivity index (χ3v) is 3.25. The van der Waals surface area contributed by atoms with Crippen LogP contribution in [0.1, 0.15) is 29.8 Å². The monoisotopic (exact) mass is 339 g/mol. The number of ketones is 1. The first-order valence-corrected chi connectivity index (χ1v) is 6.99. The van der Waals surface area contributed by atoms with Gasteiger partial charge in [-0.2, -0.15) is 0 Å². The lowest BCUT2D eigenvalue weighted by atomic mass is 10.0. The molecule has 3 nitrogen and oxygen atoms in total. The van der Waals surface area contributed by atoms with Crippen LogP contribution in [0.3, 0.4) is 0 Å². The van der Waals surface area contributed by atoms with E-state index in [-0.39, 0.29) is 24.8 Å². The van der Waals surface area contributed by atoms with E-state index in [9.17, 15) is 9.90 Å². The molecule has 0 aliphatic rings. The van der Waals surface area contributed by atoms with Gasteiger partial charge in [0.2, 0.25) is 0 Å². The Bertz CT molecular complexity index is 619. The Morgan fingerprint density at radius 2 is 1.50 bits per heavy atom. The van der Waals surface area contributed by atoms with E-state index in [2.05, 4.69) is 0 Å². The van der Waals surface area contributed by atoms with Gasteiger partial charge in [0.15, 0.2) is 5.78 Å². The van der Waals surface area contributed by atoms with Gasteiger partial charge >= 0.3 is 0 Å². The quantitative estimate of drug-likeness (QED) is 0.817. The number of hydrogen-bond acceptors (Lipinski definition) is 3. The molecule has 0 heterocycles. The molecule has 0 aliphatic heterocycles. The Morgan fingerprint density at radius 1 is 1.05 bits per heavy atom. The molecule has 2 aromatic carbocycles. The van der Waals surface area contributed by atoms with Crippen molar-refractivity contribution in [2.45, 2.75) is 19.4 Å². The van der Waals surface area contributed by atoms with Gasteiger partial charge in [0.25, 0.3) is 0 Å². The molecule has 0 unspecified atom stereocenters. The number of rotatable bonds is 5. The molecule has 0 amide bonds. The van der Waals surface area contributed by atoms with E-state index >= 15 is 0 Å². The van der Waals surface area contributed by atoms with Gasteiger partial charge in [-0.3, -0.25) is 4.79 Å². The lowest BCUT2D eigenvalue weighted by molar-refractivity contribution is -0.0000151. The standard InChI is InChI=1S/C17H17ClO3.ClH/c1-17(2,11-19)21-15-9-5-13(6-10-15)16(20)12-3-7-14(18)8-4-12;/h3-10,19H,11H2,1-2H3;1H/p-1. The van der Waals surface area contributed by atoms with Crippen LogP contribution in [-0.4, -0.2) is 23.1 Å². The molecule has 0 aliphatic carbocycles. The van der Waals surface area contributed by atoms with E-state index < -0.39 is 5.60 Å². The van der Waals surface area contributed by atoms with E-state index in [0.29, 0.717) is 21.9 Å². The molecule has 0 saturated heterocycles. The SMILES string of the molecule is CC(C)(CO)Oc1ccc(C(=O)c2ccc(Cl)cc2)cc1.[Cl-]. The zero-order valence-corrected chi connectivity index (χ0v) is 13.9. The summed E-state index contributed by atoms with van der Waals surface area (Å²) >= 11 is 5.81. The Balaban J connectivity index is 0.00000242. The molecule has 2 aromatic rings. The van der Waals surface area contributed by atoms with Gasteiger partial charge in [0.05, 0.1) is 6.61 Å². The summed E-state index contributed by atoms with van der Waals surface area (Å²) in [5.74, 6) is 0.543. The van der Waals surface area contributed by atoms with E-state index in [1.165, 1.54) is 0 Å². The fourth-order valence-electron chi connectivity index (χ4n) is 1.79. The largest absolute Gasteiger partial charge is 1.00 e. The highest BCUT2D eigenvalue weighted by molar-refractivity contribution is 6.30. The Labute approximate surface area is 141 Å². The lowest BCUT2D eigenvalue weighted by Gasteiger charge is -2.23. The maximum atomic E-state index is 12.3. The molecule has 22 heavy (non-hydrogen) atoms. The van der Waals surface area contributed by atoms with Crippen LogP contribution in [0.15, 0.2) is 48.5 Å². The molecule has 0 saturated carbocycles. The highest BCUT2D eigenvalue weighted by atomic mass is 35.5. The van der Waals surface area contributed by atoms with Gasteiger partial charge in [0.1, 0.15) is 11.4 Å². The molecular formula is C17H17Cl2O3-. The molecule has 0 aromatic heterocycles. The van der Waals surface area contributed by atoms with E-state index in [1.807, 2.05) is 0 Å². The average molecular weight is 340 g/mol. The third-order valence-electron chi connectivity index (χ3n) is 3.00. The fourth-order valence-corrected chi connectivity index (χ4v) is 1.92. The average Bonchev–Trinajstić information content (AvgIpc) is 2.48. The van der Waals surface area contributed by atoms with E-state index in [0.717, 1.165) is 0 Å². The summed E-state index contributed by atoms with van der Waals surface area (Å²) in [7, 11) is 0. The number of aliphatic hydroxyl groups excluding tert-OH is 1. The number of carbonyl (C=O) groups is 1. The summed E-state index contributed by atoms with van der Waals surface area (Å²) in [5.41, 5.74) is 0.511. The number of halogens is 2. The van der Waals surface area contributed by atoms with Crippen LogP contribution in [0.4, 0.5) is 0 Å². The van der Waals surface area contributed by atoms with Gasteiger partial charge in [-0.1, -0.05) is 11.6 Å². The van der Waals surface area contributed by atoms with Crippen LogP contribution in [0.2, 0.25) is 5.02 Å². The molecule has 0 spiro atoms. The lowest BCUT2D eigenvalue weighted by Crippen LogP contribution is -3.00. The summed E-state index contributed by atoms with van der Waals surface area (Å²) in [6.07, 6.45) is 0. The van der Waals surface area contributed by atoms with Crippen molar-refractivity contribution >= 4 is 17.4 Å². The van der Waals surface area contributed by atoms with E-state index in [4.69, 9.17) is 16.3 Å². The second kappa shape index (κ2) is 7.63. The van der Waals surface area contributed by atoms with Crippen molar-refractivity contribution in [2.24, 2.45) is 0 Å². The number of aliphatic hydroxyl groups is 1. The topological polar surface area (TPSA) is 46.5 Å². The number of ether oxygens (including phenoxy) is 1. The zero-order chi connectivity index (χ0) is 15.5. The molecule has 118 valence electrons. The number of benzene rings is 2. The van der Waals surface area contributed by atoms with Gasteiger partial charge in [0, 0.05) is 16.1 Å². The van der Waals surface area contributed by atoms with Crippen molar-refractivity contribution in [1.82, 2.24) is 0 Å². The first-order chi connectivity index (χ1) is 9.91. The molecule has 0 bridgehead atoms. The van der Waals surface area contributed by atoms with E-state index in [1.54, 1.807) is 62.4 Å². The first kappa shape index (κ1) is 18.5. The molecule has 1 N–H and O–H groups in total. The van der Waals surface area contributed by atoms with Crippen molar-refractivity contribution < 1.29 is 27.0 Å². The van der Waals surface area contributed by atoms with Crippen molar-refractivity contribution in [2.75, 3.05) is 6.61 Å². The van der Waals surface area contributed by atoms with Crippen molar-refractivity contribution in [3.8, 4) is 5.75 Å². The summed E-state index contributed by atoms with van der Waals surface area (Å²) in [6.45, 7) is 3.50. The Morgan fingerprint density at radius 3 is 1.95 bits per heavy atom. The van der Waals surface area contributed by atoms with Gasteiger partial charge in [-0.05, 0) is 62.4 Å². The molecule has 0 radical (unpaired) electrons. The minimum Gasteiger partial charge on any atom is -1.00 e. The fraction of sp³-hybridized carbons (Fsp3) is 0.235. The minimum absolute atomic E-state index is 0. The van der Waals surface area contributed by atoms with Crippen LogP contribution in [-0.2, 0) is 0 Å². The molecule has 2 rings (SSSR count). The van der Waals surface area contributed by atoms with Crippen LogP contribution >= 0.6 is 11.6 Å². The Hall–Kier alpha value is -1.55. The zero-order valence-electron chi connectivity index (χ0n) is 12.3. The van der Waals surface area contributed by atoms with Crippen LogP contribution in [0.25, 0.3) is 0 Å². The summed E-state index contributed by atoms with van der Waals surface area (Å²) in [4.78, 5) is 12.3. The minimum atomic E-state index is -0.651.